The number of ether oxygens (including phenoxy) is 4. The van der Waals surface area contributed by atoms with Crippen LogP contribution in [0.2, 0.25) is 5.02 Å². The number of nitrogens with one attached hydrogen (secondary N) is 2. The maximum Gasteiger partial charge on any atom is 0.409 e. The van der Waals surface area contributed by atoms with Crippen molar-refractivity contribution in [1.29, 1.82) is 0 Å². The van der Waals surface area contributed by atoms with Gasteiger partial charge in [0.2, 0.25) is 29.5 Å². The molecule has 3 saturated heterocycles. The van der Waals surface area contributed by atoms with Crippen molar-refractivity contribution < 1.29 is 57.6 Å². The topological polar surface area (TPSA) is 214 Å². The highest BCUT2D eigenvalue weighted by Crippen LogP contribution is 2.49. The number of rotatable bonds is 11. The molecule has 6 rings (SSSR count). The molecule has 0 spiro atoms. The summed E-state index contributed by atoms with van der Waals surface area (Å²) in [5.74, 6) is -2.56. The lowest BCUT2D eigenvalue weighted by molar-refractivity contribution is -0.162. The van der Waals surface area contributed by atoms with Gasteiger partial charge in [0.1, 0.15) is 40.3 Å². The van der Waals surface area contributed by atoms with Crippen molar-refractivity contribution in [3.8, 4) is 5.75 Å². The van der Waals surface area contributed by atoms with Crippen LogP contribution in [0.4, 0.5) is 10.5 Å². The summed E-state index contributed by atoms with van der Waals surface area (Å²) in [7, 11) is 6.13. The number of halogens is 1. The van der Waals surface area contributed by atoms with Crippen LogP contribution >= 0.6 is 23.4 Å². The van der Waals surface area contributed by atoms with Gasteiger partial charge in [-0.1, -0.05) is 49.2 Å². The molecule has 368 valence electrons. The molecule has 1 saturated carbocycles. The highest BCUT2D eigenvalue weighted by molar-refractivity contribution is 8.00. The molecule has 19 heteroatoms. The second kappa shape index (κ2) is 21.3. The monoisotopic (exact) mass is 971 g/mol. The molecule has 17 nitrogen and oxygen atoms in total. The van der Waals surface area contributed by atoms with Crippen LogP contribution < -0.4 is 20.3 Å². The van der Waals surface area contributed by atoms with Crippen LogP contribution in [-0.2, 0) is 49.4 Å². The number of esters is 1. The fourth-order valence-electron chi connectivity index (χ4n) is 9.63. The number of nitrogens with zero attached hydrogens (tertiary/aromatic N) is 3. The summed E-state index contributed by atoms with van der Waals surface area (Å²) < 4.78 is 23.8. The molecule has 67 heavy (non-hydrogen) atoms. The molecule has 1 aliphatic carbocycles. The van der Waals surface area contributed by atoms with E-state index in [0.717, 1.165) is 24.0 Å². The second-order valence-corrected chi connectivity index (χ2v) is 20.7. The standard InChI is InChI=1S/C48H66ClN5O12S/c1-26-11-10-12-27(2)48(62)24-35(64-46(61)51-48)28(3)42-47(5,66-42)37(23-39(56)53(8)33-20-31(19-26)21-34(63-9)41(33)49)65-45(60)29(4)52(7)38(55)17-18-67-36-22-40(57)54(44(36)59)25-30-13-15-32(16-14-30)43(58)50-6/h10-12,20-21,27-30,32,35-37,42,62H,13-19,22-25H2,1-9H3,(H,50,58)(H,51,61)/b12-10+,26-11+/t27-,28-,29-,30?,32?,35+,36?,37+,42+,47+,48+/m1/s1. The normalized spacial score (nSPS) is 33.0. The number of methoxy groups -OCH3 is 1. The minimum atomic E-state index is -1.66. The number of imide groups is 1. The van der Waals surface area contributed by atoms with Crippen molar-refractivity contribution >= 4 is 70.6 Å². The number of alkyl carbamates (subject to hydrolysis) is 1. The molecular formula is C48H66ClN5O12S. The zero-order chi connectivity index (χ0) is 49.1. The van der Waals surface area contributed by atoms with E-state index in [2.05, 4.69) is 10.6 Å². The van der Waals surface area contributed by atoms with E-state index in [9.17, 15) is 38.7 Å². The fraction of sp³-hybridized carbons (Fsp3) is 0.646. The molecule has 4 aliphatic heterocycles. The highest BCUT2D eigenvalue weighted by atomic mass is 35.5. The largest absolute Gasteiger partial charge is 0.495 e. The number of hydrogen-bond donors (Lipinski definition) is 3. The van der Waals surface area contributed by atoms with E-state index < -0.39 is 76.6 Å². The minimum Gasteiger partial charge on any atom is -0.495 e. The van der Waals surface area contributed by atoms with Crippen LogP contribution in [0.3, 0.4) is 0 Å². The average molecular weight is 973 g/mol. The van der Waals surface area contributed by atoms with Crippen LogP contribution in [-0.4, -0.2) is 138 Å². The third-order valence-corrected chi connectivity index (χ3v) is 16.0. The highest BCUT2D eigenvalue weighted by Gasteiger charge is 2.64. The van der Waals surface area contributed by atoms with Gasteiger partial charge in [0.25, 0.3) is 0 Å². The van der Waals surface area contributed by atoms with E-state index in [1.807, 2.05) is 19.1 Å². The summed E-state index contributed by atoms with van der Waals surface area (Å²) in [4.78, 5) is 97.1. The van der Waals surface area contributed by atoms with Gasteiger partial charge >= 0.3 is 12.1 Å². The van der Waals surface area contributed by atoms with Crippen molar-refractivity contribution in [2.24, 2.45) is 23.7 Å². The summed E-state index contributed by atoms with van der Waals surface area (Å²) in [6.07, 6.45) is 5.10. The van der Waals surface area contributed by atoms with E-state index in [4.69, 9.17) is 30.5 Å². The Morgan fingerprint density at radius 1 is 1.10 bits per heavy atom. The first-order valence-corrected chi connectivity index (χ1v) is 24.5. The first kappa shape index (κ1) is 51.7. The predicted octanol–water partition coefficient (Wildman–Crippen LogP) is 4.94. The molecule has 4 fully saturated rings. The molecule has 0 radical (unpaired) electrons. The summed E-state index contributed by atoms with van der Waals surface area (Å²) in [5, 5.41) is 16.6. The summed E-state index contributed by atoms with van der Waals surface area (Å²) >= 11 is 8.04. The van der Waals surface area contributed by atoms with Gasteiger partial charge in [-0.15, -0.1) is 11.8 Å². The van der Waals surface area contributed by atoms with E-state index in [-0.39, 0.29) is 66.0 Å². The molecule has 3 N–H and O–H groups in total. The van der Waals surface area contributed by atoms with Gasteiger partial charge in [0.15, 0.2) is 0 Å². The van der Waals surface area contributed by atoms with Crippen molar-refractivity contribution in [3.63, 3.8) is 0 Å². The van der Waals surface area contributed by atoms with Crippen LogP contribution in [0.1, 0.15) is 91.5 Å². The van der Waals surface area contributed by atoms with Gasteiger partial charge in [0.05, 0.1) is 30.6 Å². The lowest BCUT2D eigenvalue weighted by Gasteiger charge is -2.41. The molecule has 6 amide bonds. The number of anilines is 1. The van der Waals surface area contributed by atoms with E-state index in [0.29, 0.717) is 37.2 Å². The van der Waals surface area contributed by atoms with Crippen molar-refractivity contribution in [3.05, 3.63) is 46.5 Å². The number of fused-ring (bicyclic) bond motifs is 5. The van der Waals surface area contributed by atoms with Gasteiger partial charge < -0.3 is 39.2 Å². The van der Waals surface area contributed by atoms with E-state index in [1.165, 1.54) is 47.5 Å². The molecule has 1 unspecified atom stereocenters. The number of aliphatic hydroxyl groups is 1. The first-order valence-electron chi connectivity index (χ1n) is 23.1. The summed E-state index contributed by atoms with van der Waals surface area (Å²) in [6, 6.07) is 2.48. The Labute approximate surface area is 402 Å². The number of carbonyl (C=O) groups is 7. The zero-order valence-corrected chi connectivity index (χ0v) is 41.5. The Hall–Kier alpha value is -4.65. The van der Waals surface area contributed by atoms with Crippen molar-refractivity contribution in [2.75, 3.05) is 45.5 Å². The van der Waals surface area contributed by atoms with Gasteiger partial charge in [-0.25, -0.2) is 9.59 Å². The minimum absolute atomic E-state index is 0.0163. The molecule has 4 heterocycles. The summed E-state index contributed by atoms with van der Waals surface area (Å²) in [5.41, 5.74) is -0.796. The quantitative estimate of drug-likeness (QED) is 0.153. The fourth-order valence-corrected chi connectivity index (χ4v) is 11.1. The number of likely N-dealkylation sites (tertiary alicyclic amines) is 1. The van der Waals surface area contributed by atoms with Gasteiger partial charge in [-0.05, 0) is 76.5 Å². The Morgan fingerprint density at radius 2 is 1.81 bits per heavy atom. The van der Waals surface area contributed by atoms with Crippen LogP contribution in [0.5, 0.6) is 5.75 Å². The van der Waals surface area contributed by atoms with Crippen molar-refractivity contribution in [1.82, 2.24) is 20.4 Å². The first-order chi connectivity index (χ1) is 31.6. The van der Waals surface area contributed by atoms with E-state index >= 15 is 0 Å². The third-order valence-electron chi connectivity index (χ3n) is 14.4. The lowest BCUT2D eigenvalue weighted by atomic mass is 9.81. The second-order valence-electron chi connectivity index (χ2n) is 19.0. The Kier molecular flexibility index (Phi) is 16.5. The average Bonchev–Trinajstić information content (AvgIpc) is 3.92. The number of carbonyl (C=O) groups excluding carboxylic acids is 7. The van der Waals surface area contributed by atoms with Gasteiger partial charge in [0, 0.05) is 70.5 Å². The predicted molar refractivity (Wildman–Crippen MR) is 251 cm³/mol. The third kappa shape index (κ3) is 11.6. The maximum atomic E-state index is 14.3. The lowest BCUT2D eigenvalue weighted by Crippen LogP contribution is -2.60. The van der Waals surface area contributed by atoms with Crippen LogP contribution in [0.25, 0.3) is 0 Å². The number of allylic oxidation sites excluding steroid dienone is 3. The number of hydrogen-bond acceptors (Lipinski definition) is 13. The summed E-state index contributed by atoms with van der Waals surface area (Å²) in [6.45, 7) is 9.08. The van der Waals surface area contributed by atoms with E-state index in [1.54, 1.807) is 53.1 Å². The number of benzene rings is 1. The number of thioether (sulfide) groups is 1. The molecule has 1 aromatic carbocycles. The number of epoxide rings is 1. The zero-order valence-electron chi connectivity index (χ0n) is 39.9. The number of likely N-dealkylation sites (N-methyl/N-ethyl adjacent to an activating group) is 1. The van der Waals surface area contributed by atoms with Gasteiger partial charge in [-0.2, -0.15) is 0 Å². The molecular weight excluding hydrogens is 906 g/mol. The number of amides is 6. The molecule has 9 atom stereocenters. The van der Waals surface area contributed by atoms with Crippen molar-refractivity contribution in [2.45, 2.75) is 133 Å². The Morgan fingerprint density at radius 3 is 2.48 bits per heavy atom. The molecule has 5 aliphatic rings. The smallest absolute Gasteiger partial charge is 0.409 e. The Balaban J connectivity index is 1.14. The molecule has 0 aromatic heterocycles. The molecule has 1 aromatic rings. The Bertz CT molecular complexity index is 2170. The molecule has 4 bridgehead atoms. The van der Waals surface area contributed by atoms with Crippen LogP contribution in [0, 0.1) is 23.7 Å². The van der Waals surface area contributed by atoms with Crippen LogP contribution in [0.15, 0.2) is 35.9 Å². The SMILES string of the molecule is CNC(=O)C1CCC(CN2C(=O)CC(SCCC(=O)N(C)[C@H](C)C(=O)O[C@H]3CC(=O)N(C)c4cc(cc(OC)c4Cl)C/C(C)=C/C=C/[C@@H](C)[C@@]4(O)C[C@H](OC(=O)N4)[C@@H](C)[C@@H]4O[C@@]34C)C2=O)CC1. The maximum absolute atomic E-state index is 14.3. The van der Waals surface area contributed by atoms with Gasteiger partial charge in [-0.3, -0.25) is 34.2 Å².